The fourth-order valence-electron chi connectivity index (χ4n) is 2.62. The van der Waals surface area contributed by atoms with Crippen LogP contribution in [0.5, 0.6) is 17.2 Å². The Morgan fingerprint density at radius 3 is 2.16 bits per heavy atom. The number of hydrogen-bond acceptors (Lipinski definition) is 9. The lowest BCUT2D eigenvalue weighted by molar-refractivity contribution is 0.122. The topological polar surface area (TPSA) is 105 Å². The minimum absolute atomic E-state index is 0.153. The van der Waals surface area contributed by atoms with Crippen molar-refractivity contribution in [3.63, 3.8) is 0 Å². The van der Waals surface area contributed by atoms with E-state index in [1.807, 2.05) is 4.90 Å². The SMILES string of the molecule is COc1cc(-c2nc(N)nc(N3CCOCC3)n2)cc(OC)c1OC. The maximum atomic E-state index is 5.89. The molecular weight excluding hydrogens is 326 g/mol. The molecule has 9 nitrogen and oxygen atoms in total. The molecule has 2 heterocycles. The van der Waals surface area contributed by atoms with Crippen LogP contribution in [-0.2, 0) is 4.74 Å². The summed E-state index contributed by atoms with van der Waals surface area (Å²) in [6, 6.07) is 3.55. The van der Waals surface area contributed by atoms with Crippen molar-refractivity contribution >= 4 is 11.9 Å². The number of nitrogens with two attached hydrogens (primary N) is 1. The highest BCUT2D eigenvalue weighted by Gasteiger charge is 2.19. The number of morpholine rings is 1. The Bertz CT molecular complexity index is 724. The van der Waals surface area contributed by atoms with Crippen molar-refractivity contribution in [2.45, 2.75) is 0 Å². The number of nitrogens with zero attached hydrogens (tertiary/aromatic N) is 4. The summed E-state index contributed by atoms with van der Waals surface area (Å²) in [6.07, 6.45) is 0. The number of nitrogen functional groups attached to an aromatic ring is 1. The summed E-state index contributed by atoms with van der Waals surface area (Å²) >= 11 is 0. The molecule has 0 amide bonds. The molecule has 1 fully saturated rings. The molecule has 2 aromatic rings. The lowest BCUT2D eigenvalue weighted by Crippen LogP contribution is -2.37. The second-order valence-electron chi connectivity index (χ2n) is 5.33. The van der Waals surface area contributed by atoms with Crippen LogP contribution in [0, 0.1) is 0 Å². The average Bonchev–Trinajstić information content (AvgIpc) is 2.66. The summed E-state index contributed by atoms with van der Waals surface area (Å²) in [6.45, 7) is 2.67. The van der Waals surface area contributed by atoms with E-state index in [1.165, 1.54) is 0 Å². The predicted octanol–water partition coefficient (Wildman–Crippen LogP) is 0.983. The van der Waals surface area contributed by atoms with Gasteiger partial charge in [-0.25, -0.2) is 0 Å². The van der Waals surface area contributed by atoms with Crippen LogP contribution < -0.4 is 24.8 Å². The third-order valence-corrected chi connectivity index (χ3v) is 3.86. The normalized spacial score (nSPS) is 14.3. The Balaban J connectivity index is 2.05. The first-order valence-corrected chi connectivity index (χ1v) is 7.81. The van der Waals surface area contributed by atoms with Crippen LogP contribution in [0.25, 0.3) is 11.4 Å². The molecule has 0 radical (unpaired) electrons. The summed E-state index contributed by atoms with van der Waals surface area (Å²) in [5.74, 6) is 2.66. The van der Waals surface area contributed by atoms with Gasteiger partial charge >= 0.3 is 0 Å². The van der Waals surface area contributed by atoms with Crippen molar-refractivity contribution in [3.05, 3.63) is 12.1 Å². The number of ether oxygens (including phenoxy) is 4. The minimum atomic E-state index is 0.153. The number of anilines is 2. The first-order chi connectivity index (χ1) is 12.2. The van der Waals surface area contributed by atoms with Crippen LogP contribution in [-0.4, -0.2) is 62.6 Å². The molecule has 25 heavy (non-hydrogen) atoms. The minimum Gasteiger partial charge on any atom is -0.493 e. The van der Waals surface area contributed by atoms with Crippen LogP contribution in [0.15, 0.2) is 12.1 Å². The fraction of sp³-hybridized carbons (Fsp3) is 0.438. The van der Waals surface area contributed by atoms with E-state index in [0.717, 1.165) is 0 Å². The van der Waals surface area contributed by atoms with Gasteiger partial charge in [-0.15, -0.1) is 0 Å². The molecule has 0 unspecified atom stereocenters. The van der Waals surface area contributed by atoms with Gasteiger partial charge in [0, 0.05) is 18.7 Å². The molecule has 0 bridgehead atoms. The van der Waals surface area contributed by atoms with E-state index in [4.69, 9.17) is 24.7 Å². The molecular formula is C16H21N5O4. The summed E-state index contributed by atoms with van der Waals surface area (Å²) in [5.41, 5.74) is 6.59. The Kier molecular flexibility index (Phi) is 5.03. The number of benzene rings is 1. The highest BCUT2D eigenvalue weighted by molar-refractivity contribution is 5.67. The molecule has 0 aliphatic carbocycles. The maximum absolute atomic E-state index is 5.89. The smallest absolute Gasteiger partial charge is 0.230 e. The van der Waals surface area contributed by atoms with Crippen LogP contribution in [0.4, 0.5) is 11.9 Å². The largest absolute Gasteiger partial charge is 0.493 e. The maximum Gasteiger partial charge on any atom is 0.230 e. The van der Waals surface area contributed by atoms with Gasteiger partial charge in [0.2, 0.25) is 17.6 Å². The quantitative estimate of drug-likeness (QED) is 0.847. The van der Waals surface area contributed by atoms with Crippen LogP contribution >= 0.6 is 0 Å². The van der Waals surface area contributed by atoms with Gasteiger partial charge in [-0.2, -0.15) is 15.0 Å². The number of hydrogen-bond donors (Lipinski definition) is 1. The van der Waals surface area contributed by atoms with Gasteiger partial charge in [-0.1, -0.05) is 0 Å². The predicted molar refractivity (Wildman–Crippen MR) is 92.4 cm³/mol. The molecule has 1 aliphatic rings. The molecule has 9 heteroatoms. The zero-order valence-electron chi connectivity index (χ0n) is 14.5. The molecule has 2 N–H and O–H groups in total. The summed E-state index contributed by atoms with van der Waals surface area (Å²) in [4.78, 5) is 15.1. The molecule has 0 atom stereocenters. The van der Waals surface area contributed by atoms with Gasteiger partial charge in [0.05, 0.1) is 34.5 Å². The van der Waals surface area contributed by atoms with E-state index in [-0.39, 0.29) is 5.95 Å². The van der Waals surface area contributed by atoms with Gasteiger partial charge < -0.3 is 29.6 Å². The van der Waals surface area contributed by atoms with Gasteiger partial charge in [0.1, 0.15) is 0 Å². The lowest BCUT2D eigenvalue weighted by atomic mass is 10.1. The van der Waals surface area contributed by atoms with Crippen LogP contribution in [0.3, 0.4) is 0 Å². The second kappa shape index (κ2) is 7.39. The molecule has 0 spiro atoms. The van der Waals surface area contributed by atoms with Crippen molar-refractivity contribution in [1.29, 1.82) is 0 Å². The van der Waals surface area contributed by atoms with Crippen molar-refractivity contribution in [2.24, 2.45) is 0 Å². The monoisotopic (exact) mass is 347 g/mol. The van der Waals surface area contributed by atoms with Gasteiger partial charge in [-0.05, 0) is 12.1 Å². The van der Waals surface area contributed by atoms with Gasteiger partial charge in [0.15, 0.2) is 17.3 Å². The summed E-state index contributed by atoms with van der Waals surface area (Å²) < 4.78 is 21.5. The molecule has 3 rings (SSSR count). The molecule has 0 saturated carbocycles. The third kappa shape index (κ3) is 3.50. The fourth-order valence-corrected chi connectivity index (χ4v) is 2.62. The Morgan fingerprint density at radius 1 is 0.960 bits per heavy atom. The van der Waals surface area contributed by atoms with E-state index in [0.29, 0.717) is 60.9 Å². The Morgan fingerprint density at radius 2 is 1.60 bits per heavy atom. The Hall–Kier alpha value is -2.81. The van der Waals surface area contributed by atoms with E-state index >= 15 is 0 Å². The van der Waals surface area contributed by atoms with Crippen LogP contribution in [0.1, 0.15) is 0 Å². The second-order valence-corrected chi connectivity index (χ2v) is 5.33. The lowest BCUT2D eigenvalue weighted by Gasteiger charge is -2.26. The molecule has 1 saturated heterocycles. The zero-order valence-corrected chi connectivity index (χ0v) is 14.5. The first kappa shape index (κ1) is 17.0. The number of rotatable bonds is 5. The highest BCUT2D eigenvalue weighted by atomic mass is 16.5. The standard InChI is InChI=1S/C16H21N5O4/c1-22-11-8-10(9-12(23-2)13(11)24-3)14-18-15(17)20-16(19-14)21-4-6-25-7-5-21/h8-9H,4-7H2,1-3H3,(H2,17,18,19,20). The highest BCUT2D eigenvalue weighted by Crippen LogP contribution is 2.40. The van der Waals surface area contributed by atoms with Crippen LogP contribution in [0.2, 0.25) is 0 Å². The Labute approximate surface area is 145 Å². The summed E-state index contributed by atoms with van der Waals surface area (Å²) in [7, 11) is 4.67. The molecule has 1 aliphatic heterocycles. The first-order valence-electron chi connectivity index (χ1n) is 7.81. The van der Waals surface area contributed by atoms with Gasteiger partial charge in [0.25, 0.3) is 0 Å². The van der Waals surface area contributed by atoms with Crippen molar-refractivity contribution in [3.8, 4) is 28.6 Å². The summed E-state index contributed by atoms with van der Waals surface area (Å²) in [5, 5.41) is 0. The number of aromatic nitrogens is 3. The average molecular weight is 347 g/mol. The zero-order chi connectivity index (χ0) is 17.8. The van der Waals surface area contributed by atoms with Crippen molar-refractivity contribution in [1.82, 2.24) is 15.0 Å². The van der Waals surface area contributed by atoms with E-state index < -0.39 is 0 Å². The molecule has 1 aromatic carbocycles. The number of methoxy groups -OCH3 is 3. The van der Waals surface area contributed by atoms with Gasteiger partial charge in [-0.3, -0.25) is 0 Å². The third-order valence-electron chi connectivity index (χ3n) is 3.86. The van der Waals surface area contributed by atoms with E-state index in [2.05, 4.69) is 15.0 Å². The van der Waals surface area contributed by atoms with Crippen molar-refractivity contribution in [2.75, 3.05) is 58.3 Å². The van der Waals surface area contributed by atoms with E-state index in [1.54, 1.807) is 33.5 Å². The van der Waals surface area contributed by atoms with Crippen molar-refractivity contribution < 1.29 is 18.9 Å². The molecule has 134 valence electrons. The molecule has 1 aromatic heterocycles. The van der Waals surface area contributed by atoms with E-state index in [9.17, 15) is 0 Å².